The number of carbonyl (C=O) groups is 2. The van der Waals surface area contributed by atoms with Gasteiger partial charge in [-0.15, -0.1) is 0 Å². The number of benzene rings is 1. The molecule has 1 aliphatic rings. The van der Waals surface area contributed by atoms with E-state index in [9.17, 15) is 14.0 Å². The van der Waals surface area contributed by atoms with Crippen LogP contribution < -0.4 is 16.4 Å². The van der Waals surface area contributed by atoms with Crippen molar-refractivity contribution in [3.8, 4) is 0 Å². The Hall–Kier alpha value is -3.27. The summed E-state index contributed by atoms with van der Waals surface area (Å²) in [6, 6.07) is 6.72. The van der Waals surface area contributed by atoms with Crippen LogP contribution in [0.5, 0.6) is 0 Å². The van der Waals surface area contributed by atoms with E-state index in [1.54, 1.807) is 24.3 Å². The lowest BCUT2D eigenvalue weighted by atomic mass is 10.1. The van der Waals surface area contributed by atoms with Crippen LogP contribution in [-0.4, -0.2) is 70.9 Å². The number of hydrogen-bond acceptors (Lipinski definition) is 7. The summed E-state index contributed by atoms with van der Waals surface area (Å²) in [5, 5.41) is 6.01. The van der Waals surface area contributed by atoms with E-state index in [4.69, 9.17) is 5.73 Å². The highest BCUT2D eigenvalue weighted by Crippen LogP contribution is 2.20. The molecule has 1 aromatic heterocycles. The van der Waals surface area contributed by atoms with Gasteiger partial charge in [-0.05, 0) is 37.7 Å². The molecule has 3 rings (SSSR count). The molecule has 0 bridgehead atoms. The number of amides is 2. The first kappa shape index (κ1) is 24.4. The van der Waals surface area contributed by atoms with Crippen molar-refractivity contribution >= 4 is 29.3 Å². The predicted octanol–water partition coefficient (Wildman–Crippen LogP) is 2.59. The molecule has 1 saturated heterocycles. The molecule has 33 heavy (non-hydrogen) atoms. The number of piperazine rings is 1. The monoisotopic (exact) mass is 457 g/mol. The van der Waals surface area contributed by atoms with Crippen molar-refractivity contribution < 1.29 is 14.0 Å². The summed E-state index contributed by atoms with van der Waals surface area (Å²) in [5.74, 6) is -0.851. The Labute approximate surface area is 193 Å². The van der Waals surface area contributed by atoms with E-state index in [-0.39, 0.29) is 30.1 Å². The molecule has 9 nitrogen and oxygen atoms in total. The molecule has 0 saturated carbocycles. The first-order valence-corrected chi connectivity index (χ1v) is 11.3. The van der Waals surface area contributed by atoms with Gasteiger partial charge in [0.2, 0.25) is 11.9 Å². The second-order valence-corrected chi connectivity index (χ2v) is 8.34. The van der Waals surface area contributed by atoms with Gasteiger partial charge < -0.3 is 26.2 Å². The van der Waals surface area contributed by atoms with Gasteiger partial charge >= 0.3 is 0 Å². The second kappa shape index (κ2) is 11.6. The zero-order valence-corrected chi connectivity index (χ0v) is 19.2. The van der Waals surface area contributed by atoms with Gasteiger partial charge in [-0.1, -0.05) is 19.8 Å². The molecule has 2 aromatic rings. The quantitative estimate of drug-likeness (QED) is 0.502. The summed E-state index contributed by atoms with van der Waals surface area (Å²) in [4.78, 5) is 36.3. The lowest BCUT2D eigenvalue weighted by molar-refractivity contribution is -0.118. The van der Waals surface area contributed by atoms with Gasteiger partial charge in [-0.25, -0.2) is 9.37 Å². The van der Waals surface area contributed by atoms with E-state index >= 15 is 0 Å². The van der Waals surface area contributed by atoms with Crippen molar-refractivity contribution in [3.63, 3.8) is 0 Å². The molecule has 1 unspecified atom stereocenters. The van der Waals surface area contributed by atoms with Gasteiger partial charge in [-0.3, -0.25) is 9.59 Å². The molecular formula is C23H32FN7O2. The number of anilines is 3. The lowest BCUT2D eigenvalue weighted by Crippen LogP contribution is -2.47. The van der Waals surface area contributed by atoms with Crippen LogP contribution in [0, 0.1) is 5.82 Å². The van der Waals surface area contributed by atoms with Crippen molar-refractivity contribution in [3.05, 3.63) is 41.8 Å². The maximum absolute atomic E-state index is 14.3. The Balaban J connectivity index is 1.65. The van der Waals surface area contributed by atoms with Crippen molar-refractivity contribution in [2.24, 2.45) is 5.73 Å². The molecule has 10 heteroatoms. The third-order valence-electron chi connectivity index (χ3n) is 5.62. The van der Waals surface area contributed by atoms with Crippen LogP contribution in [0.25, 0.3) is 0 Å². The van der Waals surface area contributed by atoms with E-state index in [2.05, 4.69) is 25.5 Å². The fraction of sp³-hybridized carbons (Fsp3) is 0.478. The smallest absolute Gasteiger partial charge is 0.253 e. The van der Waals surface area contributed by atoms with Crippen molar-refractivity contribution in [1.82, 2.24) is 19.8 Å². The molecule has 0 aliphatic carbocycles. The number of rotatable bonds is 10. The topological polar surface area (TPSA) is 116 Å². The van der Waals surface area contributed by atoms with Gasteiger partial charge in [0, 0.05) is 49.9 Å². The molecule has 2 heterocycles. The Morgan fingerprint density at radius 1 is 1.18 bits per heavy atom. The summed E-state index contributed by atoms with van der Waals surface area (Å²) in [6.45, 7) is 5.19. The molecule has 1 atom stereocenters. The maximum Gasteiger partial charge on any atom is 0.253 e. The van der Waals surface area contributed by atoms with Crippen LogP contribution in [-0.2, 0) is 4.79 Å². The molecule has 1 fully saturated rings. The summed E-state index contributed by atoms with van der Waals surface area (Å²) in [6.07, 6.45) is 3.67. The molecular weight excluding hydrogens is 425 g/mol. The SMILES string of the molecule is CCCCC(CC(N)=O)Nc1nc(Nc2ccc(C(=O)N3CCN(C)CC3)cc2)ncc1F. The van der Waals surface area contributed by atoms with Gasteiger partial charge in [0.25, 0.3) is 5.91 Å². The zero-order valence-electron chi connectivity index (χ0n) is 19.2. The van der Waals surface area contributed by atoms with Gasteiger partial charge in [0.1, 0.15) is 0 Å². The van der Waals surface area contributed by atoms with Crippen molar-refractivity contribution in [1.29, 1.82) is 0 Å². The third kappa shape index (κ3) is 7.11. The number of unbranched alkanes of at least 4 members (excludes halogenated alkanes) is 1. The van der Waals surface area contributed by atoms with Gasteiger partial charge in [-0.2, -0.15) is 4.98 Å². The van der Waals surface area contributed by atoms with Gasteiger partial charge in [0.05, 0.1) is 6.20 Å². The molecule has 1 aliphatic heterocycles. The summed E-state index contributed by atoms with van der Waals surface area (Å²) < 4.78 is 14.3. The Kier molecular flexibility index (Phi) is 8.53. The zero-order chi connectivity index (χ0) is 23.8. The number of carbonyl (C=O) groups excluding carboxylic acids is 2. The van der Waals surface area contributed by atoms with Crippen LogP contribution in [0.4, 0.5) is 21.8 Å². The normalized spacial score (nSPS) is 15.2. The van der Waals surface area contributed by atoms with Gasteiger partial charge in [0.15, 0.2) is 11.6 Å². The third-order valence-corrected chi connectivity index (χ3v) is 5.62. The fourth-order valence-electron chi connectivity index (χ4n) is 3.66. The lowest BCUT2D eigenvalue weighted by Gasteiger charge is -2.32. The average Bonchev–Trinajstić information content (AvgIpc) is 2.80. The Morgan fingerprint density at radius 2 is 1.88 bits per heavy atom. The van der Waals surface area contributed by atoms with Crippen molar-refractivity contribution in [2.75, 3.05) is 43.9 Å². The Morgan fingerprint density at radius 3 is 2.52 bits per heavy atom. The highest BCUT2D eigenvalue weighted by atomic mass is 19.1. The van der Waals surface area contributed by atoms with Crippen LogP contribution in [0.2, 0.25) is 0 Å². The van der Waals surface area contributed by atoms with Crippen LogP contribution in [0.3, 0.4) is 0 Å². The molecule has 0 spiro atoms. The number of nitrogens with one attached hydrogen (secondary N) is 2. The highest BCUT2D eigenvalue weighted by molar-refractivity contribution is 5.94. The highest BCUT2D eigenvalue weighted by Gasteiger charge is 2.20. The molecule has 0 radical (unpaired) electrons. The molecule has 1 aromatic carbocycles. The molecule has 2 amide bonds. The number of aromatic nitrogens is 2. The number of hydrogen-bond donors (Lipinski definition) is 3. The first-order chi connectivity index (χ1) is 15.9. The van der Waals surface area contributed by atoms with E-state index < -0.39 is 11.7 Å². The maximum atomic E-state index is 14.3. The standard InChI is InChI=1S/C23H32FN7O2/c1-3-4-5-18(14-20(25)32)27-21-19(24)15-26-23(29-21)28-17-8-6-16(7-9-17)22(33)31-12-10-30(2)11-13-31/h6-9,15,18H,3-5,10-14H2,1-2H3,(H2,25,32)(H2,26,27,28,29). The number of nitrogens with zero attached hydrogens (tertiary/aromatic N) is 4. The number of halogens is 1. The van der Waals surface area contributed by atoms with E-state index in [0.29, 0.717) is 30.8 Å². The molecule has 4 N–H and O–H groups in total. The minimum absolute atomic E-state index is 0.00624. The van der Waals surface area contributed by atoms with Crippen molar-refractivity contribution in [2.45, 2.75) is 38.6 Å². The summed E-state index contributed by atoms with van der Waals surface area (Å²) in [7, 11) is 2.05. The summed E-state index contributed by atoms with van der Waals surface area (Å²) in [5.41, 5.74) is 6.61. The number of likely N-dealkylation sites (N-methyl/N-ethyl adjacent to an activating group) is 1. The van der Waals surface area contributed by atoms with E-state index in [0.717, 1.165) is 32.1 Å². The molecule has 178 valence electrons. The second-order valence-electron chi connectivity index (χ2n) is 8.34. The van der Waals surface area contributed by atoms with Crippen LogP contribution >= 0.6 is 0 Å². The van der Waals surface area contributed by atoms with Crippen LogP contribution in [0.15, 0.2) is 30.5 Å². The minimum atomic E-state index is -0.611. The van der Waals surface area contributed by atoms with E-state index in [1.165, 1.54) is 0 Å². The predicted molar refractivity (Wildman–Crippen MR) is 126 cm³/mol. The number of nitrogens with two attached hydrogens (primary N) is 1. The average molecular weight is 458 g/mol. The van der Waals surface area contributed by atoms with Crippen LogP contribution in [0.1, 0.15) is 43.0 Å². The Bertz CT molecular complexity index is 946. The largest absolute Gasteiger partial charge is 0.370 e. The fourth-order valence-corrected chi connectivity index (χ4v) is 3.66. The minimum Gasteiger partial charge on any atom is -0.370 e. The summed E-state index contributed by atoms with van der Waals surface area (Å²) >= 11 is 0. The van der Waals surface area contributed by atoms with E-state index in [1.807, 2.05) is 18.9 Å². The number of primary amides is 1. The first-order valence-electron chi connectivity index (χ1n) is 11.3.